The van der Waals surface area contributed by atoms with E-state index in [4.69, 9.17) is 17.3 Å². The second-order valence-corrected chi connectivity index (χ2v) is 3.85. The van der Waals surface area contributed by atoms with Gasteiger partial charge < -0.3 is 10.3 Å². The van der Waals surface area contributed by atoms with E-state index in [0.717, 1.165) is 5.82 Å². The van der Waals surface area contributed by atoms with Gasteiger partial charge in [-0.05, 0) is 12.1 Å². The number of rotatable bonds is 3. The summed E-state index contributed by atoms with van der Waals surface area (Å²) in [5, 5.41) is 0.394. The summed E-state index contributed by atoms with van der Waals surface area (Å²) in [5.74, 6) is 0.415. The molecule has 0 fully saturated rings. The van der Waals surface area contributed by atoms with E-state index in [2.05, 4.69) is 4.98 Å². The van der Waals surface area contributed by atoms with E-state index in [0.29, 0.717) is 23.7 Å². The lowest BCUT2D eigenvalue weighted by atomic mass is 10.2. The topological polar surface area (TPSA) is 43.8 Å². The summed E-state index contributed by atoms with van der Waals surface area (Å²) in [4.78, 5) is 4.07. The van der Waals surface area contributed by atoms with Crippen LogP contribution >= 0.6 is 11.6 Å². The van der Waals surface area contributed by atoms with Gasteiger partial charge in [-0.2, -0.15) is 0 Å². The van der Waals surface area contributed by atoms with Crippen LogP contribution in [0, 0.1) is 5.82 Å². The lowest BCUT2D eigenvalue weighted by Gasteiger charge is -2.07. The van der Waals surface area contributed by atoms with Crippen LogP contribution in [0.15, 0.2) is 30.6 Å². The van der Waals surface area contributed by atoms with E-state index in [1.165, 1.54) is 6.07 Å². The summed E-state index contributed by atoms with van der Waals surface area (Å²) in [6.07, 6.45) is 3.42. The maximum absolute atomic E-state index is 13.5. The van der Waals surface area contributed by atoms with E-state index < -0.39 is 0 Å². The maximum atomic E-state index is 13.5. The van der Waals surface area contributed by atoms with Gasteiger partial charge >= 0.3 is 0 Å². The van der Waals surface area contributed by atoms with Gasteiger partial charge in [0.15, 0.2) is 0 Å². The molecule has 0 amide bonds. The summed E-state index contributed by atoms with van der Waals surface area (Å²) in [7, 11) is 0. The minimum Gasteiger partial charge on any atom is -0.329 e. The van der Waals surface area contributed by atoms with E-state index in [1.54, 1.807) is 24.5 Å². The Hall–Kier alpha value is -1.39. The minimum atomic E-state index is -0.316. The lowest BCUT2D eigenvalue weighted by molar-refractivity contribution is 0.594. The first-order valence-corrected chi connectivity index (χ1v) is 5.22. The van der Waals surface area contributed by atoms with Crippen LogP contribution in [0.1, 0.15) is 11.4 Å². The van der Waals surface area contributed by atoms with Crippen molar-refractivity contribution in [1.29, 1.82) is 0 Å². The Morgan fingerprint density at radius 2 is 2.25 bits per heavy atom. The molecular weight excluding hydrogens is 229 g/mol. The van der Waals surface area contributed by atoms with Gasteiger partial charge in [0.1, 0.15) is 11.6 Å². The van der Waals surface area contributed by atoms with Gasteiger partial charge in [-0.25, -0.2) is 9.37 Å². The number of benzene rings is 1. The zero-order valence-corrected chi connectivity index (χ0v) is 9.28. The molecule has 0 spiro atoms. The zero-order valence-electron chi connectivity index (χ0n) is 8.53. The van der Waals surface area contributed by atoms with Crippen molar-refractivity contribution >= 4 is 11.6 Å². The first-order valence-electron chi connectivity index (χ1n) is 4.84. The minimum absolute atomic E-state index is 0.316. The predicted molar refractivity (Wildman–Crippen MR) is 60.6 cm³/mol. The Bertz CT molecular complexity index is 496. The molecule has 5 heteroatoms. The standard InChI is InChI=1S/C11H11ClFN3/c12-9-2-1-8(10(13)5-9)7-16-4-3-15-11(16)6-14/h1-5H,6-7,14H2. The molecule has 0 aliphatic heterocycles. The zero-order chi connectivity index (χ0) is 11.5. The third-order valence-corrected chi connectivity index (χ3v) is 2.58. The van der Waals surface area contributed by atoms with Crippen LogP contribution in [0.4, 0.5) is 4.39 Å². The van der Waals surface area contributed by atoms with Crippen molar-refractivity contribution in [3.63, 3.8) is 0 Å². The number of hydrogen-bond acceptors (Lipinski definition) is 2. The Labute approximate surface area is 97.7 Å². The van der Waals surface area contributed by atoms with Gasteiger partial charge in [-0.1, -0.05) is 17.7 Å². The molecule has 1 heterocycles. The second-order valence-electron chi connectivity index (χ2n) is 3.41. The average Bonchev–Trinajstić information content (AvgIpc) is 2.69. The van der Waals surface area contributed by atoms with Crippen molar-refractivity contribution in [2.24, 2.45) is 5.73 Å². The number of nitrogens with zero attached hydrogens (tertiary/aromatic N) is 2. The number of aromatic nitrogens is 2. The molecule has 0 aliphatic carbocycles. The SMILES string of the molecule is NCc1nccn1Cc1ccc(Cl)cc1F. The fraction of sp³-hybridized carbons (Fsp3) is 0.182. The molecule has 2 N–H and O–H groups in total. The summed E-state index contributed by atoms with van der Waals surface area (Å²) in [5.41, 5.74) is 6.08. The van der Waals surface area contributed by atoms with Crippen LogP contribution < -0.4 is 5.73 Å². The molecule has 2 rings (SSSR count). The number of imidazole rings is 1. The number of halogens is 2. The Balaban J connectivity index is 2.27. The Kier molecular flexibility index (Phi) is 3.22. The number of hydrogen-bond donors (Lipinski definition) is 1. The van der Waals surface area contributed by atoms with Crippen molar-refractivity contribution in [2.45, 2.75) is 13.1 Å². The van der Waals surface area contributed by atoms with Gasteiger partial charge in [0.2, 0.25) is 0 Å². The molecule has 0 atom stereocenters. The van der Waals surface area contributed by atoms with Gasteiger partial charge in [0, 0.05) is 23.0 Å². The molecule has 16 heavy (non-hydrogen) atoms. The van der Waals surface area contributed by atoms with E-state index in [-0.39, 0.29) is 5.82 Å². The summed E-state index contributed by atoms with van der Waals surface area (Å²) in [6, 6.07) is 4.63. The molecule has 0 radical (unpaired) electrons. The molecule has 1 aromatic heterocycles. The largest absolute Gasteiger partial charge is 0.329 e. The van der Waals surface area contributed by atoms with Gasteiger partial charge in [-0.3, -0.25) is 0 Å². The monoisotopic (exact) mass is 239 g/mol. The molecular formula is C11H11ClFN3. The highest BCUT2D eigenvalue weighted by Gasteiger charge is 2.06. The maximum Gasteiger partial charge on any atom is 0.129 e. The molecule has 84 valence electrons. The van der Waals surface area contributed by atoms with Crippen molar-refractivity contribution < 1.29 is 4.39 Å². The fourth-order valence-electron chi connectivity index (χ4n) is 1.51. The van der Waals surface area contributed by atoms with Crippen LogP contribution in [0.2, 0.25) is 5.02 Å². The third kappa shape index (κ3) is 2.23. The highest BCUT2D eigenvalue weighted by atomic mass is 35.5. The highest BCUT2D eigenvalue weighted by molar-refractivity contribution is 6.30. The van der Waals surface area contributed by atoms with Crippen molar-refractivity contribution in [3.05, 3.63) is 52.8 Å². The predicted octanol–water partition coefficient (Wildman–Crippen LogP) is 2.18. The smallest absolute Gasteiger partial charge is 0.129 e. The fourth-order valence-corrected chi connectivity index (χ4v) is 1.67. The molecule has 0 aliphatic rings. The molecule has 3 nitrogen and oxygen atoms in total. The molecule has 0 unspecified atom stereocenters. The summed E-state index contributed by atoms with van der Waals surface area (Å²) >= 11 is 5.68. The highest BCUT2D eigenvalue weighted by Crippen LogP contribution is 2.16. The average molecular weight is 240 g/mol. The van der Waals surface area contributed by atoms with Crippen LogP contribution in [0.3, 0.4) is 0 Å². The first kappa shape index (κ1) is 11.1. The van der Waals surface area contributed by atoms with Gasteiger partial charge in [0.05, 0.1) is 13.1 Å². The Morgan fingerprint density at radius 3 is 2.94 bits per heavy atom. The first-order chi connectivity index (χ1) is 7.70. The normalized spacial score (nSPS) is 10.7. The summed E-state index contributed by atoms with van der Waals surface area (Å²) in [6.45, 7) is 0.748. The van der Waals surface area contributed by atoms with Crippen molar-refractivity contribution in [2.75, 3.05) is 0 Å². The molecule has 2 aromatic rings. The molecule has 0 saturated heterocycles. The quantitative estimate of drug-likeness (QED) is 0.892. The molecule has 1 aromatic carbocycles. The van der Waals surface area contributed by atoms with Gasteiger partial charge in [0.25, 0.3) is 0 Å². The van der Waals surface area contributed by atoms with Gasteiger partial charge in [-0.15, -0.1) is 0 Å². The van der Waals surface area contributed by atoms with E-state index in [9.17, 15) is 4.39 Å². The van der Waals surface area contributed by atoms with Crippen LogP contribution in [0.5, 0.6) is 0 Å². The molecule has 0 bridgehead atoms. The summed E-state index contributed by atoms with van der Waals surface area (Å²) < 4.78 is 15.3. The molecule has 0 saturated carbocycles. The van der Waals surface area contributed by atoms with Crippen LogP contribution in [-0.4, -0.2) is 9.55 Å². The van der Waals surface area contributed by atoms with Crippen LogP contribution in [-0.2, 0) is 13.1 Å². The second kappa shape index (κ2) is 4.63. The third-order valence-electron chi connectivity index (χ3n) is 2.34. The van der Waals surface area contributed by atoms with Crippen molar-refractivity contribution in [1.82, 2.24) is 9.55 Å². The van der Waals surface area contributed by atoms with Crippen LogP contribution in [0.25, 0.3) is 0 Å². The van der Waals surface area contributed by atoms with E-state index in [1.807, 2.05) is 4.57 Å². The van der Waals surface area contributed by atoms with E-state index >= 15 is 0 Å². The lowest BCUT2D eigenvalue weighted by Crippen LogP contribution is -2.09. The Morgan fingerprint density at radius 1 is 1.44 bits per heavy atom. The van der Waals surface area contributed by atoms with Crippen molar-refractivity contribution in [3.8, 4) is 0 Å². The number of nitrogens with two attached hydrogens (primary N) is 1.